The number of nitrogens with one attached hydrogen (secondary N) is 1. The molecule has 0 aliphatic carbocycles. The first-order valence-corrected chi connectivity index (χ1v) is 8.27. The highest BCUT2D eigenvalue weighted by Crippen LogP contribution is 2.15. The van der Waals surface area contributed by atoms with Gasteiger partial charge in [0.05, 0.1) is 6.42 Å². The Morgan fingerprint density at radius 2 is 1.58 bits per heavy atom. The van der Waals surface area contributed by atoms with E-state index in [1.807, 2.05) is 0 Å². The van der Waals surface area contributed by atoms with Crippen LogP contribution in [0, 0.1) is 5.82 Å². The molecule has 0 unspecified atom stereocenters. The average molecular weight is 356 g/mol. The number of nitrogens with zero attached hydrogens (tertiary/aromatic N) is 1. The summed E-state index contributed by atoms with van der Waals surface area (Å²) >= 11 is 0. The maximum absolute atomic E-state index is 12.9. The van der Waals surface area contributed by atoms with E-state index in [-0.39, 0.29) is 36.4 Å². The van der Waals surface area contributed by atoms with Crippen molar-refractivity contribution >= 4 is 23.3 Å². The van der Waals surface area contributed by atoms with Crippen LogP contribution >= 0.6 is 0 Å². The summed E-state index contributed by atoms with van der Waals surface area (Å²) in [5.74, 6) is -0.749. The maximum atomic E-state index is 12.9. The molecule has 0 fully saturated rings. The molecule has 5 nitrogen and oxygen atoms in total. The second-order valence-corrected chi connectivity index (χ2v) is 5.93. The lowest BCUT2D eigenvalue weighted by Crippen LogP contribution is -2.38. The molecular formula is C20H21FN2O3. The van der Waals surface area contributed by atoms with E-state index in [9.17, 15) is 18.8 Å². The quantitative estimate of drug-likeness (QED) is 0.776. The van der Waals surface area contributed by atoms with Gasteiger partial charge in [-0.25, -0.2) is 4.39 Å². The third kappa shape index (κ3) is 5.51. The van der Waals surface area contributed by atoms with Gasteiger partial charge in [0, 0.05) is 31.3 Å². The van der Waals surface area contributed by atoms with Gasteiger partial charge in [-0.15, -0.1) is 0 Å². The number of benzene rings is 2. The second kappa shape index (κ2) is 8.89. The predicted octanol–water partition coefficient (Wildman–Crippen LogP) is 2.74. The molecule has 0 radical (unpaired) electrons. The van der Waals surface area contributed by atoms with Crippen LogP contribution in [0.5, 0.6) is 0 Å². The Morgan fingerprint density at radius 1 is 0.962 bits per heavy atom. The van der Waals surface area contributed by atoms with Gasteiger partial charge in [-0.2, -0.15) is 0 Å². The van der Waals surface area contributed by atoms with Crippen molar-refractivity contribution < 1.29 is 18.8 Å². The molecule has 2 rings (SSSR count). The zero-order valence-corrected chi connectivity index (χ0v) is 14.8. The minimum Gasteiger partial charge on any atom is -0.354 e. The highest BCUT2D eigenvalue weighted by atomic mass is 19.1. The van der Waals surface area contributed by atoms with Crippen molar-refractivity contribution in [2.24, 2.45) is 0 Å². The average Bonchev–Trinajstić information content (AvgIpc) is 2.60. The van der Waals surface area contributed by atoms with Gasteiger partial charge in [0.2, 0.25) is 11.8 Å². The van der Waals surface area contributed by atoms with Crippen LogP contribution < -0.4 is 10.2 Å². The number of hydrogen-bond donors (Lipinski definition) is 1. The number of hydrogen-bond acceptors (Lipinski definition) is 3. The van der Waals surface area contributed by atoms with Crippen molar-refractivity contribution in [2.75, 3.05) is 18.0 Å². The lowest BCUT2D eigenvalue weighted by Gasteiger charge is -2.21. The predicted molar refractivity (Wildman–Crippen MR) is 97.6 cm³/mol. The van der Waals surface area contributed by atoms with Crippen molar-refractivity contribution in [3.05, 3.63) is 65.5 Å². The molecule has 136 valence electrons. The third-order valence-corrected chi connectivity index (χ3v) is 3.90. The fourth-order valence-corrected chi connectivity index (χ4v) is 2.50. The summed E-state index contributed by atoms with van der Waals surface area (Å²) in [7, 11) is 0. The van der Waals surface area contributed by atoms with Crippen LogP contribution in [0.25, 0.3) is 0 Å². The molecule has 0 saturated heterocycles. The highest BCUT2D eigenvalue weighted by molar-refractivity contribution is 5.96. The number of amides is 2. The Hall–Kier alpha value is -3.02. The van der Waals surface area contributed by atoms with Crippen molar-refractivity contribution in [2.45, 2.75) is 20.3 Å². The summed E-state index contributed by atoms with van der Waals surface area (Å²) in [6, 6.07) is 12.5. The second-order valence-electron chi connectivity index (χ2n) is 5.93. The number of Topliss-reactive ketones (excluding diaryl/α,β-unsaturated/α-hetero) is 1. The molecule has 0 saturated carbocycles. The molecule has 0 aliphatic rings. The summed E-state index contributed by atoms with van der Waals surface area (Å²) in [6.45, 7) is 3.52. The summed E-state index contributed by atoms with van der Waals surface area (Å²) in [6.07, 6.45) is 0.146. The van der Waals surface area contributed by atoms with E-state index in [2.05, 4.69) is 5.32 Å². The molecule has 0 aliphatic heterocycles. The third-order valence-electron chi connectivity index (χ3n) is 3.90. The van der Waals surface area contributed by atoms with Crippen molar-refractivity contribution in [1.29, 1.82) is 0 Å². The van der Waals surface area contributed by atoms with E-state index in [1.165, 1.54) is 30.9 Å². The smallest absolute Gasteiger partial charge is 0.224 e. The van der Waals surface area contributed by atoms with E-state index in [4.69, 9.17) is 0 Å². The van der Waals surface area contributed by atoms with E-state index in [0.717, 1.165) is 0 Å². The molecule has 0 heterocycles. The molecular weight excluding hydrogens is 335 g/mol. The number of rotatable bonds is 7. The van der Waals surface area contributed by atoms with Crippen LogP contribution in [0.1, 0.15) is 29.8 Å². The zero-order valence-electron chi connectivity index (χ0n) is 14.8. The molecule has 2 amide bonds. The highest BCUT2D eigenvalue weighted by Gasteiger charge is 2.12. The lowest BCUT2D eigenvalue weighted by molar-refractivity contribution is -0.121. The Morgan fingerprint density at radius 3 is 2.12 bits per heavy atom. The summed E-state index contributed by atoms with van der Waals surface area (Å²) < 4.78 is 12.9. The minimum atomic E-state index is -0.345. The largest absolute Gasteiger partial charge is 0.354 e. The summed E-state index contributed by atoms with van der Waals surface area (Å²) in [5, 5.41) is 2.75. The number of carbonyl (C=O) groups is 3. The minimum absolute atomic E-state index is 0.0426. The van der Waals surface area contributed by atoms with Gasteiger partial charge in [-0.3, -0.25) is 14.4 Å². The van der Waals surface area contributed by atoms with Crippen LogP contribution in [0.15, 0.2) is 48.5 Å². The number of halogens is 1. The SMILES string of the molecule is CC(=O)c1ccc(N(CCNC(=O)Cc2ccc(F)cc2)C(C)=O)cc1. The van der Waals surface area contributed by atoms with Gasteiger partial charge >= 0.3 is 0 Å². The normalized spacial score (nSPS) is 10.3. The van der Waals surface area contributed by atoms with E-state index >= 15 is 0 Å². The van der Waals surface area contributed by atoms with E-state index in [0.29, 0.717) is 23.4 Å². The Bertz CT molecular complexity index is 786. The Balaban J connectivity index is 1.90. The standard InChI is InChI=1S/C20H21FN2O3/c1-14(24)17-5-9-19(10-6-17)23(15(2)25)12-11-22-20(26)13-16-3-7-18(21)8-4-16/h3-10H,11-13H2,1-2H3,(H,22,26). The van der Waals surface area contributed by atoms with Crippen molar-refractivity contribution in [3.8, 4) is 0 Å². The molecule has 0 spiro atoms. The van der Waals surface area contributed by atoms with Gasteiger partial charge in [-0.05, 0) is 48.9 Å². The zero-order chi connectivity index (χ0) is 19.1. The Kier molecular flexibility index (Phi) is 6.60. The first kappa shape index (κ1) is 19.3. The topological polar surface area (TPSA) is 66.5 Å². The summed E-state index contributed by atoms with van der Waals surface area (Å²) in [5.41, 5.74) is 1.95. The lowest BCUT2D eigenvalue weighted by atomic mass is 10.1. The van der Waals surface area contributed by atoms with Crippen molar-refractivity contribution in [3.63, 3.8) is 0 Å². The van der Waals surface area contributed by atoms with Crippen molar-refractivity contribution in [1.82, 2.24) is 5.32 Å². The molecule has 1 N–H and O–H groups in total. The fourth-order valence-electron chi connectivity index (χ4n) is 2.50. The molecule has 26 heavy (non-hydrogen) atoms. The van der Waals surface area contributed by atoms with Crippen LogP contribution in [0.3, 0.4) is 0 Å². The number of carbonyl (C=O) groups excluding carboxylic acids is 3. The number of anilines is 1. The molecule has 0 atom stereocenters. The fraction of sp³-hybridized carbons (Fsp3) is 0.250. The molecule has 6 heteroatoms. The van der Waals surface area contributed by atoms with E-state index in [1.54, 1.807) is 36.4 Å². The molecule has 2 aromatic carbocycles. The van der Waals surface area contributed by atoms with Gasteiger partial charge in [0.1, 0.15) is 5.82 Å². The number of ketones is 1. The van der Waals surface area contributed by atoms with Gasteiger partial charge in [-0.1, -0.05) is 12.1 Å². The van der Waals surface area contributed by atoms with Crippen LogP contribution in [-0.4, -0.2) is 30.7 Å². The maximum Gasteiger partial charge on any atom is 0.224 e. The summed E-state index contributed by atoms with van der Waals surface area (Å²) in [4.78, 5) is 36.7. The van der Waals surface area contributed by atoms with Crippen LogP contribution in [0.4, 0.5) is 10.1 Å². The molecule has 0 bridgehead atoms. The molecule has 0 aromatic heterocycles. The van der Waals surface area contributed by atoms with Crippen LogP contribution in [0.2, 0.25) is 0 Å². The first-order chi connectivity index (χ1) is 12.4. The van der Waals surface area contributed by atoms with Gasteiger partial charge < -0.3 is 10.2 Å². The van der Waals surface area contributed by atoms with Gasteiger partial charge in [0.15, 0.2) is 5.78 Å². The van der Waals surface area contributed by atoms with Gasteiger partial charge in [0.25, 0.3) is 0 Å². The van der Waals surface area contributed by atoms with E-state index < -0.39 is 0 Å². The molecule has 2 aromatic rings. The van der Waals surface area contributed by atoms with Crippen LogP contribution in [-0.2, 0) is 16.0 Å². The Labute approximate surface area is 151 Å². The monoisotopic (exact) mass is 356 g/mol. The first-order valence-electron chi connectivity index (χ1n) is 8.27.